The number of nitrogens with two attached hydrogens (primary N) is 2. The molecular weight excluding hydrogens is 228 g/mol. The van der Waals surface area contributed by atoms with E-state index in [1.165, 1.54) is 6.08 Å². The highest BCUT2D eigenvalue weighted by Crippen LogP contribution is 2.17. The van der Waals surface area contributed by atoms with E-state index in [-0.39, 0.29) is 5.70 Å². The summed E-state index contributed by atoms with van der Waals surface area (Å²) in [6, 6.07) is 9.09. The average molecular weight is 238 g/mol. The first-order valence-corrected chi connectivity index (χ1v) is 5.46. The van der Waals surface area contributed by atoms with Gasteiger partial charge in [-0.1, -0.05) is 12.1 Å². The van der Waals surface area contributed by atoms with Crippen molar-refractivity contribution in [3.05, 3.63) is 40.8 Å². The first kappa shape index (κ1) is 10.5. The van der Waals surface area contributed by atoms with Crippen LogP contribution in [-0.2, 0) is 9.59 Å². The van der Waals surface area contributed by atoms with Crippen LogP contribution in [0.5, 0.6) is 0 Å². The fourth-order valence-electron chi connectivity index (χ4n) is 2.18. The average Bonchev–Trinajstić information content (AvgIpc) is 2.36. The Kier molecular flexibility index (Phi) is 2.01. The molecule has 0 saturated carbocycles. The molecule has 0 fully saturated rings. The summed E-state index contributed by atoms with van der Waals surface area (Å²) in [7, 11) is 0. The number of rotatable bonds is 0. The Labute approximate surface area is 102 Å². The first-order valence-electron chi connectivity index (χ1n) is 5.46. The van der Waals surface area contributed by atoms with Gasteiger partial charge in [0.15, 0.2) is 0 Å². The van der Waals surface area contributed by atoms with Crippen molar-refractivity contribution in [1.82, 2.24) is 0 Å². The highest BCUT2D eigenvalue weighted by Gasteiger charge is 2.19. The monoisotopic (exact) mass is 238 g/mol. The van der Waals surface area contributed by atoms with Crippen LogP contribution in [0.15, 0.2) is 30.3 Å². The maximum atomic E-state index is 11.5. The maximum absolute atomic E-state index is 11.5. The standard InChI is InChI=1S/C14H10N2O2/c15-11-3-1-2-7-4-10-8(5-9(7)11)6-12(17)14(18)13(10)16/h1-6H,15-16H2. The Balaban J connectivity index is 2.57. The number of carbonyl (C=O) groups excluding carboxylic acids is 2. The quantitative estimate of drug-likeness (QED) is 0.475. The molecule has 1 aliphatic rings. The number of hydrogen-bond donors (Lipinski definition) is 2. The van der Waals surface area contributed by atoms with Crippen LogP contribution in [0.4, 0.5) is 5.69 Å². The summed E-state index contributed by atoms with van der Waals surface area (Å²) in [6.07, 6.45) is 1.31. The largest absolute Gasteiger partial charge is 0.398 e. The van der Waals surface area contributed by atoms with Gasteiger partial charge in [-0.2, -0.15) is 0 Å². The molecule has 4 heteroatoms. The Bertz CT molecular complexity index is 835. The SMILES string of the molecule is NC1=c2cc3cccc(N)c3cc2=CC(=O)C1=O. The Morgan fingerprint density at radius 3 is 2.56 bits per heavy atom. The number of anilines is 1. The molecule has 0 unspecified atom stereocenters. The summed E-state index contributed by atoms with van der Waals surface area (Å²) < 4.78 is 0. The summed E-state index contributed by atoms with van der Waals surface area (Å²) in [4.78, 5) is 23.0. The number of nitrogen functional groups attached to an aromatic ring is 1. The van der Waals surface area contributed by atoms with Crippen molar-refractivity contribution >= 4 is 39.8 Å². The minimum Gasteiger partial charge on any atom is -0.398 e. The van der Waals surface area contributed by atoms with Crippen LogP contribution in [0.25, 0.3) is 22.5 Å². The highest BCUT2D eigenvalue weighted by atomic mass is 16.2. The lowest BCUT2D eigenvalue weighted by atomic mass is 9.99. The van der Waals surface area contributed by atoms with E-state index < -0.39 is 11.6 Å². The number of ketones is 2. The molecule has 3 rings (SSSR count). The van der Waals surface area contributed by atoms with E-state index in [0.717, 1.165) is 10.8 Å². The minimum absolute atomic E-state index is 0.00169. The Morgan fingerprint density at radius 2 is 1.78 bits per heavy atom. The lowest BCUT2D eigenvalue weighted by molar-refractivity contribution is -0.129. The van der Waals surface area contributed by atoms with E-state index in [9.17, 15) is 9.59 Å². The van der Waals surface area contributed by atoms with Crippen LogP contribution >= 0.6 is 0 Å². The fraction of sp³-hybridized carbons (Fsp3) is 0. The molecule has 0 aromatic heterocycles. The van der Waals surface area contributed by atoms with Crippen molar-refractivity contribution < 1.29 is 9.59 Å². The molecule has 0 heterocycles. The van der Waals surface area contributed by atoms with Crippen molar-refractivity contribution in [2.24, 2.45) is 5.73 Å². The van der Waals surface area contributed by atoms with Gasteiger partial charge in [-0.15, -0.1) is 0 Å². The third kappa shape index (κ3) is 1.32. The minimum atomic E-state index is -0.647. The molecule has 88 valence electrons. The predicted molar refractivity (Wildman–Crippen MR) is 69.7 cm³/mol. The van der Waals surface area contributed by atoms with Crippen molar-refractivity contribution in [2.45, 2.75) is 0 Å². The summed E-state index contributed by atoms with van der Waals surface area (Å²) in [5.41, 5.74) is 12.2. The number of hydrogen-bond acceptors (Lipinski definition) is 4. The topological polar surface area (TPSA) is 86.2 Å². The van der Waals surface area contributed by atoms with E-state index >= 15 is 0 Å². The maximum Gasteiger partial charge on any atom is 0.249 e. The number of carbonyl (C=O) groups is 2. The molecule has 0 aliphatic heterocycles. The number of Topliss-reactive ketones (excluding diaryl/α,β-unsaturated/α-hetero) is 2. The van der Waals surface area contributed by atoms with Gasteiger partial charge < -0.3 is 11.5 Å². The number of benzene rings is 2. The Morgan fingerprint density at radius 1 is 1.00 bits per heavy atom. The van der Waals surface area contributed by atoms with Crippen LogP contribution in [0.1, 0.15) is 0 Å². The van der Waals surface area contributed by atoms with Gasteiger partial charge in [0.2, 0.25) is 11.6 Å². The van der Waals surface area contributed by atoms with E-state index in [1.807, 2.05) is 12.1 Å². The molecule has 0 bridgehead atoms. The van der Waals surface area contributed by atoms with Crippen LogP contribution in [0.2, 0.25) is 0 Å². The van der Waals surface area contributed by atoms with E-state index in [1.54, 1.807) is 18.2 Å². The highest BCUT2D eigenvalue weighted by molar-refractivity contribution is 6.60. The van der Waals surface area contributed by atoms with Crippen molar-refractivity contribution in [3.8, 4) is 0 Å². The van der Waals surface area contributed by atoms with E-state index in [2.05, 4.69) is 0 Å². The first-order chi connectivity index (χ1) is 8.58. The van der Waals surface area contributed by atoms with Crippen molar-refractivity contribution in [1.29, 1.82) is 0 Å². The van der Waals surface area contributed by atoms with Crippen LogP contribution < -0.4 is 21.9 Å². The lowest BCUT2D eigenvalue weighted by Crippen LogP contribution is -2.40. The van der Waals surface area contributed by atoms with E-state index in [0.29, 0.717) is 16.1 Å². The van der Waals surface area contributed by atoms with Gasteiger partial charge >= 0.3 is 0 Å². The molecule has 4 N–H and O–H groups in total. The van der Waals surface area contributed by atoms with Gasteiger partial charge in [0.1, 0.15) is 0 Å². The normalized spacial score (nSPS) is 14.6. The summed E-state index contributed by atoms with van der Waals surface area (Å²) in [5.74, 6) is -1.24. The van der Waals surface area contributed by atoms with Crippen LogP contribution in [0.3, 0.4) is 0 Å². The van der Waals surface area contributed by atoms with Gasteiger partial charge in [0, 0.05) is 16.3 Å². The zero-order chi connectivity index (χ0) is 12.9. The fourth-order valence-corrected chi connectivity index (χ4v) is 2.18. The summed E-state index contributed by atoms with van der Waals surface area (Å²) in [5, 5.41) is 2.98. The molecule has 2 aromatic rings. The lowest BCUT2D eigenvalue weighted by Gasteiger charge is -2.07. The second kappa shape index (κ2) is 3.43. The molecule has 1 aliphatic carbocycles. The second-order valence-corrected chi connectivity index (χ2v) is 4.26. The van der Waals surface area contributed by atoms with E-state index in [4.69, 9.17) is 11.5 Å². The van der Waals surface area contributed by atoms with Crippen molar-refractivity contribution in [3.63, 3.8) is 0 Å². The third-order valence-electron chi connectivity index (χ3n) is 3.13. The number of fused-ring (bicyclic) bond motifs is 2. The second-order valence-electron chi connectivity index (χ2n) is 4.26. The summed E-state index contributed by atoms with van der Waals surface area (Å²) >= 11 is 0. The van der Waals surface area contributed by atoms with Gasteiger partial charge in [0.05, 0.1) is 5.70 Å². The van der Waals surface area contributed by atoms with Crippen LogP contribution in [-0.4, -0.2) is 11.6 Å². The molecule has 0 radical (unpaired) electrons. The molecular formula is C14H10N2O2. The molecule has 0 amide bonds. The zero-order valence-electron chi connectivity index (χ0n) is 9.44. The smallest absolute Gasteiger partial charge is 0.249 e. The molecule has 0 saturated heterocycles. The summed E-state index contributed by atoms with van der Waals surface area (Å²) in [6.45, 7) is 0. The predicted octanol–water partition coefficient (Wildman–Crippen LogP) is -0.579. The molecule has 0 atom stereocenters. The Hall–Kier alpha value is -2.62. The van der Waals surface area contributed by atoms with Gasteiger partial charge in [-0.3, -0.25) is 9.59 Å². The van der Waals surface area contributed by atoms with Gasteiger partial charge in [-0.05, 0) is 34.9 Å². The van der Waals surface area contributed by atoms with Gasteiger partial charge in [-0.25, -0.2) is 0 Å². The van der Waals surface area contributed by atoms with Gasteiger partial charge in [0.25, 0.3) is 0 Å². The zero-order valence-corrected chi connectivity index (χ0v) is 9.44. The third-order valence-corrected chi connectivity index (χ3v) is 3.13. The molecule has 4 nitrogen and oxygen atoms in total. The van der Waals surface area contributed by atoms with Crippen molar-refractivity contribution in [2.75, 3.05) is 5.73 Å². The molecule has 0 spiro atoms. The van der Waals surface area contributed by atoms with Crippen LogP contribution in [0, 0.1) is 0 Å². The molecule has 18 heavy (non-hydrogen) atoms. The molecule has 2 aromatic carbocycles.